The summed E-state index contributed by atoms with van der Waals surface area (Å²) in [7, 11) is 0.622. The number of rotatable bonds is 1. The lowest BCUT2D eigenvalue weighted by Gasteiger charge is -2.28. The van der Waals surface area contributed by atoms with Crippen LogP contribution >= 0.6 is 8.73 Å². The number of hydrogen-bond acceptors (Lipinski definition) is 2. The van der Waals surface area contributed by atoms with Crippen molar-refractivity contribution in [1.82, 2.24) is 14.2 Å². The number of imidazole rings is 1. The summed E-state index contributed by atoms with van der Waals surface area (Å²) >= 11 is 0. The van der Waals surface area contributed by atoms with E-state index in [9.17, 15) is 13.2 Å². The predicted octanol–water partition coefficient (Wildman–Crippen LogP) is 2.25. The molecular formula is C9H13F3N3P. The monoisotopic (exact) mass is 251 g/mol. The van der Waals surface area contributed by atoms with Gasteiger partial charge in [-0.05, 0) is 13.6 Å². The van der Waals surface area contributed by atoms with Crippen molar-refractivity contribution in [3.8, 4) is 0 Å². The maximum Gasteiger partial charge on any atom is 0.449 e. The van der Waals surface area contributed by atoms with E-state index in [1.807, 2.05) is 6.66 Å². The lowest BCUT2D eigenvalue weighted by atomic mass is 10.3. The first-order chi connectivity index (χ1) is 7.43. The molecule has 0 fully saturated rings. The number of hydrogen-bond donors (Lipinski definition) is 0. The van der Waals surface area contributed by atoms with Crippen LogP contribution < -0.4 is 0 Å². The summed E-state index contributed by atoms with van der Waals surface area (Å²) in [6, 6.07) is 0. The molecule has 7 heteroatoms. The Kier molecular flexibility index (Phi) is 2.97. The minimum Gasteiger partial charge on any atom is -0.322 e. The highest BCUT2D eigenvalue weighted by Gasteiger charge is 2.39. The van der Waals surface area contributed by atoms with Crippen LogP contribution in [0.25, 0.3) is 0 Å². The fraction of sp³-hybridized carbons (Fsp3) is 0.667. The zero-order valence-electron chi connectivity index (χ0n) is 9.10. The second-order valence-electron chi connectivity index (χ2n) is 3.76. The van der Waals surface area contributed by atoms with Crippen LogP contribution in [-0.2, 0) is 19.3 Å². The van der Waals surface area contributed by atoms with Gasteiger partial charge in [-0.1, -0.05) is 8.73 Å². The Bertz CT molecular complexity index is 399. The summed E-state index contributed by atoms with van der Waals surface area (Å²) in [5, 5.41) is 0. The van der Waals surface area contributed by atoms with Crippen molar-refractivity contribution in [2.24, 2.45) is 0 Å². The third-order valence-corrected chi connectivity index (χ3v) is 3.79. The van der Waals surface area contributed by atoms with Gasteiger partial charge in [-0.15, -0.1) is 0 Å². The van der Waals surface area contributed by atoms with E-state index in [0.29, 0.717) is 39.8 Å². The zero-order valence-corrected chi connectivity index (χ0v) is 10.1. The highest BCUT2D eigenvalue weighted by molar-refractivity contribution is 7.34. The van der Waals surface area contributed by atoms with E-state index in [2.05, 4.69) is 9.65 Å². The Balaban J connectivity index is 2.41. The molecule has 0 N–H and O–H groups in total. The molecular weight excluding hydrogens is 238 g/mol. The Labute approximate surface area is 93.5 Å². The van der Waals surface area contributed by atoms with Crippen LogP contribution in [0.2, 0.25) is 0 Å². The molecule has 0 spiro atoms. The van der Waals surface area contributed by atoms with Gasteiger partial charge in [0.1, 0.15) is 0 Å². The minimum atomic E-state index is -4.35. The van der Waals surface area contributed by atoms with E-state index in [1.165, 1.54) is 4.57 Å². The molecule has 1 aromatic rings. The number of halogens is 3. The average molecular weight is 251 g/mol. The molecule has 1 unspecified atom stereocenters. The first-order valence-electron chi connectivity index (χ1n) is 4.99. The van der Waals surface area contributed by atoms with Crippen molar-refractivity contribution < 1.29 is 13.2 Å². The van der Waals surface area contributed by atoms with Crippen molar-refractivity contribution in [3.05, 3.63) is 17.2 Å². The third-order valence-electron chi connectivity index (χ3n) is 2.78. The molecule has 16 heavy (non-hydrogen) atoms. The van der Waals surface area contributed by atoms with Gasteiger partial charge in [-0.25, -0.2) is 4.98 Å². The summed E-state index contributed by atoms with van der Waals surface area (Å²) in [6.07, 6.45) is -4.35. The molecule has 1 aliphatic heterocycles. The highest BCUT2D eigenvalue weighted by atomic mass is 31.1. The largest absolute Gasteiger partial charge is 0.449 e. The molecule has 0 amide bonds. The fourth-order valence-corrected chi connectivity index (χ4v) is 2.57. The first kappa shape index (κ1) is 11.9. The summed E-state index contributed by atoms with van der Waals surface area (Å²) in [6.45, 7) is 5.30. The maximum absolute atomic E-state index is 12.7. The van der Waals surface area contributed by atoms with E-state index in [0.717, 1.165) is 0 Å². The van der Waals surface area contributed by atoms with Crippen molar-refractivity contribution in [2.75, 3.05) is 13.2 Å². The fourth-order valence-electron chi connectivity index (χ4n) is 1.94. The molecule has 2 rings (SSSR count). The quantitative estimate of drug-likeness (QED) is 0.714. The third kappa shape index (κ3) is 1.96. The lowest BCUT2D eigenvalue weighted by Crippen LogP contribution is -2.30. The van der Waals surface area contributed by atoms with Crippen LogP contribution in [0.5, 0.6) is 0 Å². The number of aryl methyl sites for hydroxylation is 1. The summed E-state index contributed by atoms with van der Waals surface area (Å²) in [5.74, 6) is -0.751. The van der Waals surface area contributed by atoms with Crippen LogP contribution in [0, 0.1) is 6.92 Å². The molecule has 0 aromatic carbocycles. The number of fused-ring (bicyclic) bond motifs is 1. The number of alkyl halides is 3. The van der Waals surface area contributed by atoms with E-state index < -0.39 is 12.0 Å². The van der Waals surface area contributed by atoms with Gasteiger partial charge >= 0.3 is 6.18 Å². The Hall–Kier alpha value is -0.610. The highest BCUT2D eigenvalue weighted by Crippen LogP contribution is 2.33. The normalized spacial score (nSPS) is 18.3. The molecule has 0 radical (unpaired) electrons. The molecule has 0 aliphatic carbocycles. The second kappa shape index (κ2) is 4.00. The van der Waals surface area contributed by atoms with Gasteiger partial charge in [0.25, 0.3) is 0 Å². The topological polar surface area (TPSA) is 21.1 Å². The van der Waals surface area contributed by atoms with Gasteiger partial charge in [-0.2, -0.15) is 13.2 Å². The molecule has 1 atom stereocenters. The van der Waals surface area contributed by atoms with Gasteiger partial charge in [0.05, 0.1) is 11.4 Å². The van der Waals surface area contributed by atoms with Crippen molar-refractivity contribution >= 4 is 8.73 Å². The van der Waals surface area contributed by atoms with E-state index in [1.54, 1.807) is 6.92 Å². The number of aromatic nitrogens is 2. The van der Waals surface area contributed by atoms with Gasteiger partial charge in [0.15, 0.2) is 0 Å². The minimum absolute atomic E-state index is 0.381. The van der Waals surface area contributed by atoms with E-state index >= 15 is 0 Å². The summed E-state index contributed by atoms with van der Waals surface area (Å²) in [5.41, 5.74) is 1.20. The molecule has 2 heterocycles. The Morgan fingerprint density at radius 1 is 1.31 bits per heavy atom. The molecule has 3 nitrogen and oxygen atoms in total. The summed E-state index contributed by atoms with van der Waals surface area (Å²) < 4.78 is 41.5. The van der Waals surface area contributed by atoms with Crippen LogP contribution in [-0.4, -0.2) is 27.4 Å². The van der Waals surface area contributed by atoms with Gasteiger partial charge in [0.2, 0.25) is 5.82 Å². The van der Waals surface area contributed by atoms with Gasteiger partial charge in [-0.3, -0.25) is 4.67 Å². The smallest absolute Gasteiger partial charge is 0.322 e. The molecule has 0 bridgehead atoms. The second-order valence-corrected chi connectivity index (χ2v) is 4.84. The Morgan fingerprint density at radius 2 is 2.00 bits per heavy atom. The Morgan fingerprint density at radius 3 is 2.56 bits per heavy atom. The standard InChI is InChI=1S/C9H13F3N3P/c1-6-7-5-14(16-2)3-4-15(7)8(13-6)9(10,11)12/h16H,3-5H2,1-2H3. The summed E-state index contributed by atoms with van der Waals surface area (Å²) in [4.78, 5) is 3.65. The molecule has 90 valence electrons. The lowest BCUT2D eigenvalue weighted by molar-refractivity contribution is -0.147. The molecule has 0 saturated heterocycles. The SMILES string of the molecule is CPN1CCn2c(C(F)(F)F)nc(C)c2C1. The van der Waals surface area contributed by atoms with Crippen LogP contribution in [0.1, 0.15) is 17.2 Å². The maximum atomic E-state index is 12.7. The van der Waals surface area contributed by atoms with Crippen molar-refractivity contribution in [2.45, 2.75) is 26.2 Å². The predicted molar refractivity (Wildman–Crippen MR) is 56.6 cm³/mol. The number of nitrogens with zero attached hydrogens (tertiary/aromatic N) is 3. The van der Waals surface area contributed by atoms with Gasteiger partial charge in [0, 0.05) is 19.6 Å². The van der Waals surface area contributed by atoms with Crippen molar-refractivity contribution in [3.63, 3.8) is 0 Å². The van der Waals surface area contributed by atoms with E-state index in [4.69, 9.17) is 0 Å². The van der Waals surface area contributed by atoms with Crippen LogP contribution in [0.4, 0.5) is 13.2 Å². The van der Waals surface area contributed by atoms with Crippen molar-refractivity contribution in [1.29, 1.82) is 0 Å². The molecule has 0 saturated carbocycles. The van der Waals surface area contributed by atoms with Gasteiger partial charge < -0.3 is 4.57 Å². The van der Waals surface area contributed by atoms with Crippen LogP contribution in [0.15, 0.2) is 0 Å². The first-order valence-corrected chi connectivity index (χ1v) is 6.43. The van der Waals surface area contributed by atoms with E-state index in [-0.39, 0.29) is 0 Å². The van der Waals surface area contributed by atoms with Crippen LogP contribution in [0.3, 0.4) is 0 Å². The molecule has 1 aromatic heterocycles. The average Bonchev–Trinajstić information content (AvgIpc) is 2.55. The zero-order chi connectivity index (χ0) is 11.9. The molecule has 1 aliphatic rings.